The Morgan fingerprint density at radius 3 is 2.65 bits per heavy atom. The Labute approximate surface area is 120 Å². The van der Waals surface area contributed by atoms with Gasteiger partial charge >= 0.3 is 0 Å². The van der Waals surface area contributed by atoms with Gasteiger partial charge in [-0.25, -0.2) is 4.98 Å². The van der Waals surface area contributed by atoms with Crippen molar-refractivity contribution in [3.8, 4) is 0 Å². The second kappa shape index (κ2) is 5.90. The van der Waals surface area contributed by atoms with Crippen LogP contribution >= 0.6 is 0 Å². The van der Waals surface area contributed by atoms with E-state index in [0.717, 1.165) is 29.4 Å². The van der Waals surface area contributed by atoms with E-state index in [9.17, 15) is 0 Å². The van der Waals surface area contributed by atoms with Crippen molar-refractivity contribution in [3.05, 3.63) is 47.4 Å². The third-order valence-corrected chi connectivity index (χ3v) is 3.25. The normalized spacial score (nSPS) is 10.8. The van der Waals surface area contributed by atoms with Crippen molar-refractivity contribution < 1.29 is 0 Å². The maximum atomic E-state index is 5.86. The number of hydrogen-bond acceptors (Lipinski definition) is 4. The summed E-state index contributed by atoms with van der Waals surface area (Å²) in [4.78, 5) is 11.3. The van der Waals surface area contributed by atoms with Crippen LogP contribution in [-0.2, 0) is 6.54 Å². The van der Waals surface area contributed by atoms with E-state index in [4.69, 9.17) is 5.73 Å². The van der Waals surface area contributed by atoms with Gasteiger partial charge in [0.25, 0.3) is 0 Å². The largest absolute Gasteiger partial charge is 0.399 e. The van der Waals surface area contributed by atoms with Gasteiger partial charge in [-0.2, -0.15) is 0 Å². The Morgan fingerprint density at radius 2 is 2.00 bits per heavy atom. The molecule has 2 N–H and O–H groups in total. The molecule has 1 aromatic carbocycles. The van der Waals surface area contributed by atoms with E-state index >= 15 is 0 Å². The molecule has 0 aliphatic carbocycles. The number of aromatic nitrogens is 2. The van der Waals surface area contributed by atoms with E-state index in [-0.39, 0.29) is 0 Å². The maximum Gasteiger partial charge on any atom is 0.150 e. The van der Waals surface area contributed by atoms with Crippen LogP contribution in [-0.4, -0.2) is 16.0 Å². The van der Waals surface area contributed by atoms with Crippen molar-refractivity contribution in [2.45, 2.75) is 40.3 Å². The molecule has 0 aliphatic rings. The van der Waals surface area contributed by atoms with E-state index < -0.39 is 0 Å². The highest BCUT2D eigenvalue weighted by Gasteiger charge is 2.16. The van der Waals surface area contributed by atoms with Crippen molar-refractivity contribution >= 4 is 11.5 Å². The van der Waals surface area contributed by atoms with Crippen molar-refractivity contribution in [2.75, 3.05) is 10.6 Å². The van der Waals surface area contributed by atoms with Gasteiger partial charge in [0.15, 0.2) is 5.82 Å². The van der Waals surface area contributed by atoms with Crippen molar-refractivity contribution in [2.24, 2.45) is 0 Å². The van der Waals surface area contributed by atoms with Crippen LogP contribution in [0.25, 0.3) is 0 Å². The quantitative estimate of drug-likeness (QED) is 0.867. The molecule has 0 saturated carbocycles. The van der Waals surface area contributed by atoms with Gasteiger partial charge in [0.2, 0.25) is 0 Å². The number of hydrogen-bond donors (Lipinski definition) is 1. The SMILES string of the molecule is Cc1cnc(C)c(N(Cc2cccc(N)c2)C(C)C)n1. The average molecular weight is 270 g/mol. The molecule has 4 heteroatoms. The molecule has 4 nitrogen and oxygen atoms in total. The van der Waals surface area contributed by atoms with Crippen molar-refractivity contribution in [1.29, 1.82) is 0 Å². The number of rotatable bonds is 4. The maximum absolute atomic E-state index is 5.86. The molecule has 0 aliphatic heterocycles. The second-order valence-corrected chi connectivity index (χ2v) is 5.39. The Balaban J connectivity index is 2.34. The topological polar surface area (TPSA) is 55.0 Å². The summed E-state index contributed by atoms with van der Waals surface area (Å²) in [6.07, 6.45) is 1.80. The zero-order valence-electron chi connectivity index (χ0n) is 12.6. The van der Waals surface area contributed by atoms with Gasteiger partial charge in [0.1, 0.15) is 0 Å². The summed E-state index contributed by atoms with van der Waals surface area (Å²) >= 11 is 0. The third-order valence-electron chi connectivity index (χ3n) is 3.25. The first-order valence-corrected chi connectivity index (χ1v) is 6.88. The fourth-order valence-corrected chi connectivity index (χ4v) is 2.19. The molecule has 0 spiro atoms. The summed E-state index contributed by atoms with van der Waals surface area (Å²) in [6, 6.07) is 8.32. The van der Waals surface area contributed by atoms with Crippen LogP contribution in [0.1, 0.15) is 30.8 Å². The van der Waals surface area contributed by atoms with Crippen LogP contribution in [0.4, 0.5) is 11.5 Å². The molecule has 2 aromatic rings. The lowest BCUT2D eigenvalue weighted by Gasteiger charge is -2.29. The number of benzene rings is 1. The summed E-state index contributed by atoms with van der Waals surface area (Å²) in [5, 5.41) is 0. The molecule has 0 saturated heterocycles. The van der Waals surface area contributed by atoms with E-state index in [0.29, 0.717) is 6.04 Å². The smallest absolute Gasteiger partial charge is 0.150 e. The molecule has 106 valence electrons. The fraction of sp³-hybridized carbons (Fsp3) is 0.375. The summed E-state index contributed by atoms with van der Waals surface area (Å²) in [5.74, 6) is 0.947. The second-order valence-electron chi connectivity index (χ2n) is 5.39. The van der Waals surface area contributed by atoms with Crippen LogP contribution in [0.15, 0.2) is 30.5 Å². The number of nitrogen functional groups attached to an aromatic ring is 1. The van der Waals surface area contributed by atoms with E-state index in [2.05, 4.69) is 34.8 Å². The molecule has 0 radical (unpaired) electrons. The van der Waals surface area contributed by atoms with Gasteiger partial charge in [0.05, 0.1) is 11.4 Å². The molecule has 0 unspecified atom stereocenters. The molecule has 0 amide bonds. The highest BCUT2D eigenvalue weighted by atomic mass is 15.2. The van der Waals surface area contributed by atoms with Gasteiger partial charge in [-0.3, -0.25) is 4.98 Å². The molecular weight excluding hydrogens is 248 g/mol. The Kier molecular flexibility index (Phi) is 4.23. The van der Waals surface area contributed by atoms with Gasteiger partial charge in [-0.05, 0) is 45.4 Å². The van der Waals surface area contributed by atoms with Crippen LogP contribution in [0, 0.1) is 13.8 Å². The van der Waals surface area contributed by atoms with Crippen LogP contribution in [0.3, 0.4) is 0 Å². The lowest BCUT2D eigenvalue weighted by Crippen LogP contribution is -2.32. The van der Waals surface area contributed by atoms with Gasteiger partial charge < -0.3 is 10.6 Å². The minimum atomic E-state index is 0.339. The van der Waals surface area contributed by atoms with Gasteiger partial charge in [-0.1, -0.05) is 12.1 Å². The molecule has 0 fully saturated rings. The number of anilines is 2. The average Bonchev–Trinajstić information content (AvgIpc) is 2.39. The van der Waals surface area contributed by atoms with Gasteiger partial charge in [-0.15, -0.1) is 0 Å². The number of aryl methyl sites for hydroxylation is 2. The number of nitrogens with two attached hydrogens (primary N) is 1. The van der Waals surface area contributed by atoms with E-state index in [1.807, 2.05) is 32.0 Å². The zero-order chi connectivity index (χ0) is 14.7. The first-order chi connectivity index (χ1) is 9.47. The summed E-state index contributed by atoms with van der Waals surface area (Å²) in [5.41, 5.74) is 9.71. The zero-order valence-corrected chi connectivity index (χ0v) is 12.6. The Morgan fingerprint density at radius 1 is 1.25 bits per heavy atom. The summed E-state index contributed by atoms with van der Waals surface area (Å²) in [6.45, 7) is 9.07. The highest BCUT2D eigenvalue weighted by Crippen LogP contribution is 2.21. The van der Waals surface area contributed by atoms with Crippen LogP contribution in [0.5, 0.6) is 0 Å². The first-order valence-electron chi connectivity index (χ1n) is 6.88. The lowest BCUT2D eigenvalue weighted by molar-refractivity contribution is 0.666. The minimum absolute atomic E-state index is 0.339. The van der Waals surface area contributed by atoms with Crippen molar-refractivity contribution in [3.63, 3.8) is 0 Å². The predicted molar refractivity (Wildman–Crippen MR) is 83.7 cm³/mol. The highest BCUT2D eigenvalue weighted by molar-refractivity contribution is 5.47. The first kappa shape index (κ1) is 14.3. The lowest BCUT2D eigenvalue weighted by atomic mass is 10.1. The van der Waals surface area contributed by atoms with E-state index in [1.165, 1.54) is 5.56 Å². The van der Waals surface area contributed by atoms with E-state index in [1.54, 1.807) is 6.20 Å². The molecule has 0 atom stereocenters. The molecule has 1 heterocycles. The minimum Gasteiger partial charge on any atom is -0.399 e. The predicted octanol–water partition coefficient (Wildman–Crippen LogP) is 3.09. The van der Waals surface area contributed by atoms with Crippen molar-refractivity contribution in [1.82, 2.24) is 9.97 Å². The molecule has 20 heavy (non-hydrogen) atoms. The fourth-order valence-electron chi connectivity index (χ4n) is 2.19. The van der Waals surface area contributed by atoms with Crippen LogP contribution < -0.4 is 10.6 Å². The molecule has 1 aromatic heterocycles. The monoisotopic (exact) mass is 270 g/mol. The molecule has 2 rings (SSSR count). The summed E-state index contributed by atoms with van der Waals surface area (Å²) < 4.78 is 0. The van der Waals surface area contributed by atoms with Gasteiger partial charge in [0, 0.05) is 24.5 Å². The Hall–Kier alpha value is -2.10. The summed E-state index contributed by atoms with van der Waals surface area (Å²) in [7, 11) is 0. The third kappa shape index (κ3) is 3.26. The van der Waals surface area contributed by atoms with Crippen LogP contribution in [0.2, 0.25) is 0 Å². The number of nitrogens with zero attached hydrogens (tertiary/aromatic N) is 3. The molecule has 0 bridgehead atoms. The molecular formula is C16H22N4. The Bertz CT molecular complexity index is 593. The standard InChI is InChI=1S/C16H22N4/c1-11(2)20(10-14-6-5-7-15(17)8-14)16-13(4)18-9-12(3)19-16/h5-9,11H,10,17H2,1-4H3.